The molecule has 0 saturated carbocycles. The Labute approximate surface area is 102 Å². The number of aliphatic hydroxyl groups is 1. The lowest BCUT2D eigenvalue weighted by Gasteiger charge is -2.19. The van der Waals surface area contributed by atoms with Crippen LogP contribution in [-0.2, 0) is 9.84 Å². The summed E-state index contributed by atoms with van der Waals surface area (Å²) in [5.41, 5.74) is 0.579. The van der Waals surface area contributed by atoms with Crippen LogP contribution >= 0.6 is 0 Å². The molecule has 2 atom stereocenters. The fraction of sp³-hybridized carbons (Fsp3) is 0.500. The highest BCUT2D eigenvalue weighted by molar-refractivity contribution is 7.92. The van der Waals surface area contributed by atoms with Crippen molar-refractivity contribution < 1.29 is 18.3 Å². The molecule has 96 valence electrons. The lowest BCUT2D eigenvalue weighted by atomic mass is 10.1. The first-order chi connectivity index (χ1) is 7.92. The van der Waals surface area contributed by atoms with Crippen LogP contribution in [0.5, 0.6) is 5.75 Å². The van der Waals surface area contributed by atoms with E-state index < -0.39 is 21.2 Å². The monoisotopic (exact) mass is 258 g/mol. The van der Waals surface area contributed by atoms with Crippen molar-refractivity contribution in [3.05, 3.63) is 29.8 Å². The number of hydrogen-bond donors (Lipinski definition) is 1. The van der Waals surface area contributed by atoms with E-state index in [4.69, 9.17) is 4.74 Å². The van der Waals surface area contributed by atoms with Gasteiger partial charge in [-0.15, -0.1) is 0 Å². The van der Waals surface area contributed by atoms with E-state index >= 15 is 0 Å². The lowest BCUT2D eigenvalue weighted by Crippen LogP contribution is -2.26. The molecule has 0 amide bonds. The first-order valence-electron chi connectivity index (χ1n) is 5.46. The third-order valence-electron chi connectivity index (χ3n) is 2.87. The molecule has 5 heteroatoms. The van der Waals surface area contributed by atoms with Gasteiger partial charge in [-0.3, -0.25) is 0 Å². The molecule has 1 aromatic carbocycles. The van der Waals surface area contributed by atoms with Crippen LogP contribution in [0.2, 0.25) is 0 Å². The summed E-state index contributed by atoms with van der Waals surface area (Å²) < 4.78 is 28.3. The molecule has 0 spiro atoms. The molecule has 1 aromatic rings. The maximum absolute atomic E-state index is 11.7. The van der Waals surface area contributed by atoms with E-state index in [1.54, 1.807) is 38.3 Å². The van der Waals surface area contributed by atoms with Gasteiger partial charge in [0.05, 0.1) is 18.5 Å². The number of aliphatic hydroxyl groups excluding tert-OH is 1. The molecule has 0 radical (unpaired) electrons. The Hall–Kier alpha value is -1.07. The Morgan fingerprint density at radius 3 is 2.24 bits per heavy atom. The van der Waals surface area contributed by atoms with Crippen LogP contribution in [0.4, 0.5) is 0 Å². The van der Waals surface area contributed by atoms with Crippen molar-refractivity contribution in [2.45, 2.75) is 25.2 Å². The summed E-state index contributed by atoms with van der Waals surface area (Å²) >= 11 is 0. The highest BCUT2D eigenvalue weighted by Crippen LogP contribution is 2.24. The van der Waals surface area contributed by atoms with Crippen molar-refractivity contribution in [2.24, 2.45) is 0 Å². The van der Waals surface area contributed by atoms with Crippen LogP contribution in [0.25, 0.3) is 0 Å². The molecule has 0 heterocycles. The molecule has 1 N–H and O–H groups in total. The fourth-order valence-corrected chi connectivity index (χ4v) is 2.61. The highest BCUT2D eigenvalue weighted by atomic mass is 32.2. The molecular formula is C12H18O4S. The van der Waals surface area contributed by atoms with Crippen molar-refractivity contribution in [3.63, 3.8) is 0 Å². The zero-order chi connectivity index (χ0) is 13.1. The third-order valence-corrected chi connectivity index (χ3v) is 5.07. The van der Waals surface area contributed by atoms with Gasteiger partial charge >= 0.3 is 0 Å². The van der Waals surface area contributed by atoms with Gasteiger partial charge in [0.2, 0.25) is 0 Å². The number of methoxy groups -OCH3 is 1. The summed E-state index contributed by atoms with van der Waals surface area (Å²) in [6, 6.07) is 6.74. The Bertz CT molecular complexity index is 450. The van der Waals surface area contributed by atoms with Gasteiger partial charge in [-0.05, 0) is 24.6 Å². The fourth-order valence-electron chi connectivity index (χ4n) is 1.53. The van der Waals surface area contributed by atoms with Crippen LogP contribution in [0.15, 0.2) is 24.3 Å². The summed E-state index contributed by atoms with van der Waals surface area (Å²) in [4.78, 5) is 0. The average molecular weight is 258 g/mol. The molecule has 0 bridgehead atoms. The summed E-state index contributed by atoms with van der Waals surface area (Å²) in [6.07, 6.45) is -1.01. The first-order valence-corrected chi connectivity index (χ1v) is 7.17. The van der Waals surface area contributed by atoms with E-state index in [-0.39, 0.29) is 5.75 Å². The molecule has 0 saturated heterocycles. The second kappa shape index (κ2) is 5.51. The SMILES string of the molecule is CCS(=O)(=O)[C@@H](C)[C@H](O)c1ccc(OC)cc1. The molecule has 0 aliphatic carbocycles. The van der Waals surface area contributed by atoms with Gasteiger partial charge in [0.1, 0.15) is 5.75 Å². The smallest absolute Gasteiger partial charge is 0.155 e. The van der Waals surface area contributed by atoms with Gasteiger partial charge < -0.3 is 9.84 Å². The number of ether oxygens (including phenoxy) is 1. The van der Waals surface area contributed by atoms with E-state index in [2.05, 4.69) is 0 Å². The topological polar surface area (TPSA) is 63.6 Å². The maximum atomic E-state index is 11.7. The molecule has 1 rings (SSSR count). The van der Waals surface area contributed by atoms with Gasteiger partial charge in [-0.25, -0.2) is 8.42 Å². The zero-order valence-electron chi connectivity index (χ0n) is 10.3. The van der Waals surface area contributed by atoms with Gasteiger partial charge in [-0.2, -0.15) is 0 Å². The molecule has 0 aliphatic rings. The molecule has 0 fully saturated rings. The van der Waals surface area contributed by atoms with Crippen molar-refractivity contribution >= 4 is 9.84 Å². The highest BCUT2D eigenvalue weighted by Gasteiger charge is 2.27. The first kappa shape index (κ1) is 14.0. The van der Waals surface area contributed by atoms with Crippen molar-refractivity contribution in [3.8, 4) is 5.75 Å². The second-order valence-electron chi connectivity index (χ2n) is 3.87. The van der Waals surface area contributed by atoms with E-state index in [0.29, 0.717) is 11.3 Å². The van der Waals surface area contributed by atoms with Gasteiger partial charge in [0.15, 0.2) is 9.84 Å². The van der Waals surface area contributed by atoms with E-state index in [1.807, 2.05) is 0 Å². The zero-order valence-corrected chi connectivity index (χ0v) is 11.1. The maximum Gasteiger partial charge on any atom is 0.155 e. The van der Waals surface area contributed by atoms with E-state index in [1.165, 1.54) is 6.92 Å². The summed E-state index contributed by atoms with van der Waals surface area (Å²) in [6.45, 7) is 3.10. The predicted molar refractivity (Wildman–Crippen MR) is 66.9 cm³/mol. The molecular weight excluding hydrogens is 240 g/mol. The number of benzene rings is 1. The molecule has 17 heavy (non-hydrogen) atoms. The van der Waals surface area contributed by atoms with Crippen LogP contribution in [0, 0.1) is 0 Å². The van der Waals surface area contributed by atoms with Crippen molar-refractivity contribution in [1.29, 1.82) is 0 Å². The Kier molecular flexibility index (Phi) is 4.54. The summed E-state index contributed by atoms with van der Waals surface area (Å²) in [5, 5.41) is 9.19. The normalized spacial score (nSPS) is 15.3. The number of hydrogen-bond acceptors (Lipinski definition) is 4. The van der Waals surface area contributed by atoms with Crippen LogP contribution < -0.4 is 4.74 Å². The van der Waals surface area contributed by atoms with Crippen LogP contribution in [0.1, 0.15) is 25.5 Å². The number of sulfone groups is 1. The quantitative estimate of drug-likeness (QED) is 0.870. The minimum absolute atomic E-state index is 0.0291. The van der Waals surface area contributed by atoms with Gasteiger partial charge in [-0.1, -0.05) is 19.1 Å². The summed E-state index contributed by atoms with van der Waals surface area (Å²) in [5.74, 6) is 0.702. The minimum atomic E-state index is -3.24. The van der Waals surface area contributed by atoms with Crippen LogP contribution in [0.3, 0.4) is 0 Å². The molecule has 0 aliphatic heterocycles. The third kappa shape index (κ3) is 3.20. The Morgan fingerprint density at radius 1 is 1.29 bits per heavy atom. The number of rotatable bonds is 5. The summed E-state index contributed by atoms with van der Waals surface area (Å²) in [7, 11) is -1.69. The van der Waals surface area contributed by atoms with Crippen LogP contribution in [-0.4, -0.2) is 31.6 Å². The molecule has 0 aromatic heterocycles. The van der Waals surface area contributed by atoms with Crippen molar-refractivity contribution in [1.82, 2.24) is 0 Å². The second-order valence-corrected chi connectivity index (χ2v) is 6.52. The standard InChI is InChI=1S/C12H18O4S/c1-4-17(14,15)9(2)12(13)10-5-7-11(16-3)8-6-10/h5-9,12-13H,4H2,1-3H3/t9-,12-/m0/s1. The van der Waals surface area contributed by atoms with E-state index in [0.717, 1.165) is 0 Å². The molecule has 0 unspecified atom stereocenters. The molecule has 4 nitrogen and oxygen atoms in total. The Balaban J connectivity index is 2.92. The van der Waals surface area contributed by atoms with E-state index in [9.17, 15) is 13.5 Å². The van der Waals surface area contributed by atoms with Gasteiger partial charge in [0.25, 0.3) is 0 Å². The lowest BCUT2D eigenvalue weighted by molar-refractivity contribution is 0.176. The Morgan fingerprint density at radius 2 is 1.82 bits per heavy atom. The van der Waals surface area contributed by atoms with Crippen molar-refractivity contribution in [2.75, 3.05) is 12.9 Å². The largest absolute Gasteiger partial charge is 0.497 e. The predicted octanol–water partition coefficient (Wildman–Crippen LogP) is 1.55. The average Bonchev–Trinajstić information content (AvgIpc) is 2.37. The van der Waals surface area contributed by atoms with Gasteiger partial charge in [0, 0.05) is 5.75 Å². The minimum Gasteiger partial charge on any atom is -0.497 e.